The van der Waals surface area contributed by atoms with Crippen LogP contribution in [0, 0.1) is 17.7 Å². The Bertz CT molecular complexity index is 525. The summed E-state index contributed by atoms with van der Waals surface area (Å²) in [5, 5.41) is 13.5. The summed E-state index contributed by atoms with van der Waals surface area (Å²) in [6.45, 7) is 1.91. The number of morpholine rings is 1. The van der Waals surface area contributed by atoms with Gasteiger partial charge in [-0.2, -0.15) is 0 Å². The molecule has 0 radical (unpaired) electrons. The average molecular weight is 323 g/mol. The van der Waals surface area contributed by atoms with Crippen molar-refractivity contribution in [3.05, 3.63) is 29.6 Å². The van der Waals surface area contributed by atoms with Gasteiger partial charge in [-0.25, -0.2) is 4.39 Å². The number of methoxy groups -OCH3 is 1. The molecule has 1 aromatic rings. The summed E-state index contributed by atoms with van der Waals surface area (Å²) >= 11 is 0. The van der Waals surface area contributed by atoms with Gasteiger partial charge in [0.2, 0.25) is 0 Å². The Kier molecular flexibility index (Phi) is 5.19. The predicted molar refractivity (Wildman–Crippen MR) is 86.0 cm³/mol. The summed E-state index contributed by atoms with van der Waals surface area (Å²) < 4.78 is 25.7. The number of benzene rings is 1. The molecular formula is C18H26FNO3. The maximum atomic E-state index is 14.0. The van der Waals surface area contributed by atoms with Crippen molar-refractivity contribution in [3.8, 4) is 5.75 Å². The molecule has 1 aromatic carbocycles. The number of hydrogen-bond acceptors (Lipinski definition) is 4. The van der Waals surface area contributed by atoms with E-state index in [1.165, 1.54) is 25.0 Å². The van der Waals surface area contributed by atoms with Gasteiger partial charge < -0.3 is 19.9 Å². The number of aliphatic hydroxyl groups is 1. The monoisotopic (exact) mass is 323 g/mol. The summed E-state index contributed by atoms with van der Waals surface area (Å²) in [4.78, 5) is 0. The number of aliphatic hydroxyl groups excluding tert-OH is 1. The maximum absolute atomic E-state index is 14.0. The van der Waals surface area contributed by atoms with Crippen LogP contribution in [0.4, 0.5) is 4.39 Å². The van der Waals surface area contributed by atoms with Crippen LogP contribution in [0.3, 0.4) is 0 Å². The summed E-state index contributed by atoms with van der Waals surface area (Å²) in [5.41, 5.74) is -0.0340. The van der Waals surface area contributed by atoms with Gasteiger partial charge in [0.05, 0.1) is 13.7 Å². The molecule has 128 valence electrons. The van der Waals surface area contributed by atoms with Crippen LogP contribution in [0.5, 0.6) is 5.75 Å². The van der Waals surface area contributed by atoms with Crippen molar-refractivity contribution in [2.75, 3.05) is 33.4 Å². The first-order chi connectivity index (χ1) is 11.2. The molecule has 2 fully saturated rings. The Morgan fingerprint density at radius 3 is 2.83 bits per heavy atom. The maximum Gasteiger partial charge on any atom is 0.125 e. The van der Waals surface area contributed by atoms with Crippen molar-refractivity contribution in [3.63, 3.8) is 0 Å². The molecule has 1 heterocycles. The van der Waals surface area contributed by atoms with Crippen molar-refractivity contribution in [1.82, 2.24) is 5.32 Å². The molecule has 0 aromatic heterocycles. The predicted octanol–water partition coefficient (Wildman–Crippen LogP) is 2.45. The third-order valence-electron chi connectivity index (χ3n) is 5.41. The largest absolute Gasteiger partial charge is 0.496 e. The van der Waals surface area contributed by atoms with Crippen LogP contribution in [0.15, 0.2) is 18.2 Å². The standard InChI is InChI=1S/C18H26FNO3/c1-22-17-7-6-14(19)10-15(17)18(12-20-8-9-23-18)16(11-21)13-4-2-3-5-13/h6-7,10,13,16,20-21H,2-5,8-9,11-12H2,1H3. The molecule has 2 unspecified atom stereocenters. The lowest BCUT2D eigenvalue weighted by Crippen LogP contribution is -2.55. The van der Waals surface area contributed by atoms with Gasteiger partial charge in [-0.3, -0.25) is 0 Å². The second-order valence-corrected chi connectivity index (χ2v) is 6.59. The highest BCUT2D eigenvalue weighted by Gasteiger charge is 2.48. The van der Waals surface area contributed by atoms with Crippen molar-refractivity contribution < 1.29 is 19.0 Å². The normalized spacial score (nSPS) is 27.1. The zero-order valence-corrected chi connectivity index (χ0v) is 13.7. The molecule has 5 heteroatoms. The fraction of sp³-hybridized carbons (Fsp3) is 0.667. The minimum atomic E-state index is -0.741. The number of ether oxygens (including phenoxy) is 2. The second kappa shape index (κ2) is 7.16. The Morgan fingerprint density at radius 2 is 2.22 bits per heavy atom. The molecule has 2 atom stereocenters. The van der Waals surface area contributed by atoms with E-state index in [1.807, 2.05) is 0 Å². The minimum absolute atomic E-state index is 0.0337. The highest BCUT2D eigenvalue weighted by atomic mass is 19.1. The van der Waals surface area contributed by atoms with E-state index in [0.717, 1.165) is 19.4 Å². The van der Waals surface area contributed by atoms with E-state index in [9.17, 15) is 9.50 Å². The van der Waals surface area contributed by atoms with Crippen LogP contribution in [-0.4, -0.2) is 38.5 Å². The molecule has 23 heavy (non-hydrogen) atoms. The average Bonchev–Trinajstić information content (AvgIpc) is 3.10. The molecule has 1 aliphatic heterocycles. The Labute approximate surface area is 137 Å². The van der Waals surface area contributed by atoms with Crippen LogP contribution in [0.1, 0.15) is 31.2 Å². The van der Waals surface area contributed by atoms with Crippen molar-refractivity contribution in [1.29, 1.82) is 0 Å². The third-order valence-corrected chi connectivity index (χ3v) is 5.41. The van der Waals surface area contributed by atoms with E-state index in [2.05, 4.69) is 5.32 Å². The molecule has 1 saturated carbocycles. The van der Waals surface area contributed by atoms with Gasteiger partial charge in [-0.05, 0) is 37.0 Å². The van der Waals surface area contributed by atoms with E-state index in [4.69, 9.17) is 9.47 Å². The SMILES string of the molecule is COc1ccc(F)cc1C1(C(CO)C2CCCC2)CNCCO1. The van der Waals surface area contributed by atoms with E-state index >= 15 is 0 Å². The summed E-state index contributed by atoms with van der Waals surface area (Å²) in [5.74, 6) is 0.644. The van der Waals surface area contributed by atoms with Gasteiger partial charge in [-0.15, -0.1) is 0 Å². The van der Waals surface area contributed by atoms with Gasteiger partial charge in [0.1, 0.15) is 17.2 Å². The smallest absolute Gasteiger partial charge is 0.125 e. The first-order valence-corrected chi connectivity index (χ1v) is 8.51. The van der Waals surface area contributed by atoms with Gasteiger partial charge in [0.25, 0.3) is 0 Å². The van der Waals surface area contributed by atoms with E-state index < -0.39 is 5.60 Å². The quantitative estimate of drug-likeness (QED) is 0.874. The van der Waals surface area contributed by atoms with E-state index in [-0.39, 0.29) is 18.3 Å². The molecule has 3 rings (SSSR count). The summed E-state index contributed by atoms with van der Waals surface area (Å²) in [7, 11) is 1.59. The van der Waals surface area contributed by atoms with Crippen molar-refractivity contribution in [2.45, 2.75) is 31.3 Å². The zero-order chi connectivity index (χ0) is 16.3. The highest BCUT2D eigenvalue weighted by Crippen LogP contribution is 2.47. The van der Waals surface area contributed by atoms with Crippen molar-refractivity contribution in [2.24, 2.45) is 11.8 Å². The molecule has 1 saturated heterocycles. The molecular weight excluding hydrogens is 297 g/mol. The fourth-order valence-corrected chi connectivity index (χ4v) is 4.29. The van der Waals surface area contributed by atoms with E-state index in [1.54, 1.807) is 13.2 Å². The van der Waals surface area contributed by atoms with Crippen LogP contribution in [0.2, 0.25) is 0 Å². The first-order valence-electron chi connectivity index (χ1n) is 8.51. The Balaban J connectivity index is 2.07. The Hall–Kier alpha value is -1.17. The zero-order valence-electron chi connectivity index (χ0n) is 13.7. The lowest BCUT2D eigenvalue weighted by molar-refractivity contribution is -0.138. The number of hydrogen-bond donors (Lipinski definition) is 2. The molecule has 2 N–H and O–H groups in total. The van der Waals surface area contributed by atoms with Crippen LogP contribution < -0.4 is 10.1 Å². The topological polar surface area (TPSA) is 50.7 Å². The van der Waals surface area contributed by atoms with Gasteiger partial charge >= 0.3 is 0 Å². The third kappa shape index (κ3) is 3.10. The van der Waals surface area contributed by atoms with Crippen LogP contribution in [0.25, 0.3) is 0 Å². The minimum Gasteiger partial charge on any atom is -0.496 e. The number of halogens is 1. The lowest BCUT2D eigenvalue weighted by Gasteiger charge is -2.46. The molecule has 0 amide bonds. The molecule has 0 spiro atoms. The highest BCUT2D eigenvalue weighted by molar-refractivity contribution is 5.40. The Morgan fingerprint density at radius 1 is 1.43 bits per heavy atom. The van der Waals surface area contributed by atoms with Gasteiger partial charge in [0.15, 0.2) is 0 Å². The number of rotatable bonds is 5. The van der Waals surface area contributed by atoms with Crippen molar-refractivity contribution >= 4 is 0 Å². The van der Waals surface area contributed by atoms with E-state index in [0.29, 0.717) is 30.4 Å². The van der Waals surface area contributed by atoms with Crippen LogP contribution >= 0.6 is 0 Å². The number of nitrogens with one attached hydrogen (secondary N) is 1. The lowest BCUT2D eigenvalue weighted by atomic mass is 9.72. The second-order valence-electron chi connectivity index (χ2n) is 6.59. The first kappa shape index (κ1) is 16.7. The van der Waals surface area contributed by atoms with Gasteiger partial charge in [0, 0.05) is 31.2 Å². The fourth-order valence-electron chi connectivity index (χ4n) is 4.29. The summed E-state index contributed by atoms with van der Waals surface area (Å²) in [6.07, 6.45) is 4.55. The van der Waals surface area contributed by atoms with Gasteiger partial charge in [-0.1, -0.05) is 12.8 Å². The molecule has 1 aliphatic carbocycles. The molecule has 4 nitrogen and oxygen atoms in total. The molecule has 2 aliphatic rings. The molecule has 0 bridgehead atoms. The van der Waals surface area contributed by atoms with Crippen LogP contribution in [-0.2, 0) is 10.3 Å². The summed E-state index contributed by atoms with van der Waals surface area (Å²) in [6, 6.07) is 4.55.